The summed E-state index contributed by atoms with van der Waals surface area (Å²) in [5.74, 6) is 0. The maximum absolute atomic E-state index is 3.88. The fourth-order valence-electron chi connectivity index (χ4n) is 3.28. The number of rotatable bonds is 2. The van der Waals surface area contributed by atoms with Gasteiger partial charge in [0.2, 0.25) is 0 Å². The molecule has 1 saturated heterocycles. The van der Waals surface area contributed by atoms with Crippen molar-refractivity contribution >= 4 is 0 Å². The van der Waals surface area contributed by atoms with Crippen molar-refractivity contribution in [1.82, 2.24) is 5.32 Å². The molecule has 1 aliphatic heterocycles. The summed E-state index contributed by atoms with van der Waals surface area (Å²) < 4.78 is 0. The van der Waals surface area contributed by atoms with Crippen LogP contribution in [0, 0.1) is 0 Å². The zero-order valence-electron chi connectivity index (χ0n) is 11.7. The maximum Gasteiger partial charge on any atom is 0.0414 e. The van der Waals surface area contributed by atoms with Crippen LogP contribution in [0.1, 0.15) is 37.8 Å². The van der Waals surface area contributed by atoms with Crippen molar-refractivity contribution in [2.24, 2.45) is 0 Å². The van der Waals surface area contributed by atoms with Gasteiger partial charge in [0.25, 0.3) is 0 Å². The van der Waals surface area contributed by atoms with Gasteiger partial charge in [-0.05, 0) is 37.8 Å². The van der Waals surface area contributed by atoms with Crippen LogP contribution >= 0.6 is 0 Å². The average Bonchev–Trinajstić information content (AvgIpc) is 2.80. The highest BCUT2D eigenvalue weighted by Crippen LogP contribution is 2.42. The molecule has 0 bridgehead atoms. The van der Waals surface area contributed by atoms with E-state index >= 15 is 0 Å². The molecule has 0 amide bonds. The molecule has 2 atom stereocenters. The molecule has 1 heteroatoms. The second-order valence-corrected chi connectivity index (χ2v) is 6.02. The third-order valence-electron chi connectivity index (χ3n) is 4.50. The van der Waals surface area contributed by atoms with E-state index in [0.717, 1.165) is 0 Å². The molecule has 0 unspecified atom stereocenters. The van der Waals surface area contributed by atoms with Gasteiger partial charge in [-0.1, -0.05) is 60.7 Å². The standard InChI is InChI=1S/C18H21N/c1-17(15-9-5-3-6-10-15)13-14-18(2,19-17)16-11-7-4-8-12-16/h3-12,19H,13-14H2,1-2H3/t17-,18-/m0/s1. The molecular formula is C18H21N. The van der Waals surface area contributed by atoms with Crippen molar-refractivity contribution in [1.29, 1.82) is 0 Å². The highest BCUT2D eigenvalue weighted by molar-refractivity contribution is 5.31. The molecule has 0 radical (unpaired) electrons. The van der Waals surface area contributed by atoms with Gasteiger partial charge in [0.1, 0.15) is 0 Å². The summed E-state index contributed by atoms with van der Waals surface area (Å²) in [4.78, 5) is 0. The van der Waals surface area contributed by atoms with Crippen LogP contribution in [0.5, 0.6) is 0 Å². The van der Waals surface area contributed by atoms with Crippen LogP contribution in [0.2, 0.25) is 0 Å². The number of hydrogen-bond acceptors (Lipinski definition) is 1. The molecule has 3 rings (SSSR count). The first-order chi connectivity index (χ1) is 9.12. The normalized spacial score (nSPS) is 30.4. The monoisotopic (exact) mass is 251 g/mol. The topological polar surface area (TPSA) is 12.0 Å². The predicted octanol–water partition coefficient (Wildman–Crippen LogP) is 4.20. The van der Waals surface area contributed by atoms with Gasteiger partial charge in [-0.15, -0.1) is 0 Å². The van der Waals surface area contributed by atoms with E-state index in [9.17, 15) is 0 Å². The first-order valence-corrected chi connectivity index (χ1v) is 7.03. The van der Waals surface area contributed by atoms with E-state index in [0.29, 0.717) is 0 Å². The average molecular weight is 251 g/mol. The molecular weight excluding hydrogens is 230 g/mol. The summed E-state index contributed by atoms with van der Waals surface area (Å²) >= 11 is 0. The van der Waals surface area contributed by atoms with Crippen molar-refractivity contribution in [2.75, 3.05) is 0 Å². The molecule has 1 heterocycles. The Morgan fingerprint density at radius 1 is 0.684 bits per heavy atom. The molecule has 98 valence electrons. The quantitative estimate of drug-likeness (QED) is 0.843. The van der Waals surface area contributed by atoms with Gasteiger partial charge in [-0.25, -0.2) is 0 Å². The van der Waals surface area contributed by atoms with E-state index in [1.165, 1.54) is 24.0 Å². The number of nitrogens with one attached hydrogen (secondary N) is 1. The molecule has 1 N–H and O–H groups in total. The first-order valence-electron chi connectivity index (χ1n) is 7.03. The van der Waals surface area contributed by atoms with Crippen LogP contribution in [0.4, 0.5) is 0 Å². The fourth-order valence-corrected chi connectivity index (χ4v) is 3.28. The second-order valence-electron chi connectivity index (χ2n) is 6.02. The van der Waals surface area contributed by atoms with Gasteiger partial charge in [-0.2, -0.15) is 0 Å². The zero-order chi connectivity index (χ0) is 13.3. The van der Waals surface area contributed by atoms with Crippen LogP contribution in [0.15, 0.2) is 60.7 Å². The summed E-state index contributed by atoms with van der Waals surface area (Å²) in [6, 6.07) is 21.6. The van der Waals surface area contributed by atoms with Gasteiger partial charge >= 0.3 is 0 Å². The summed E-state index contributed by atoms with van der Waals surface area (Å²) in [6.45, 7) is 4.63. The third-order valence-corrected chi connectivity index (χ3v) is 4.50. The Morgan fingerprint density at radius 3 is 1.42 bits per heavy atom. The highest BCUT2D eigenvalue weighted by atomic mass is 15.1. The third kappa shape index (κ3) is 2.19. The molecule has 1 fully saturated rings. The summed E-state index contributed by atoms with van der Waals surface area (Å²) in [6.07, 6.45) is 2.34. The van der Waals surface area contributed by atoms with Crippen LogP contribution in [0.3, 0.4) is 0 Å². The fraction of sp³-hybridized carbons (Fsp3) is 0.333. The van der Waals surface area contributed by atoms with Gasteiger partial charge in [0.05, 0.1) is 0 Å². The lowest BCUT2D eigenvalue weighted by molar-refractivity contribution is 0.339. The molecule has 0 spiro atoms. The van der Waals surface area contributed by atoms with Gasteiger partial charge < -0.3 is 0 Å². The van der Waals surface area contributed by atoms with Crippen molar-refractivity contribution in [3.05, 3.63) is 71.8 Å². The van der Waals surface area contributed by atoms with E-state index in [4.69, 9.17) is 0 Å². The van der Waals surface area contributed by atoms with Crippen molar-refractivity contribution < 1.29 is 0 Å². The molecule has 0 aromatic heterocycles. The lowest BCUT2D eigenvalue weighted by atomic mass is 9.89. The summed E-state index contributed by atoms with van der Waals surface area (Å²) in [5.41, 5.74) is 2.92. The predicted molar refractivity (Wildman–Crippen MR) is 80.0 cm³/mol. The van der Waals surface area contributed by atoms with Gasteiger partial charge in [0, 0.05) is 11.1 Å². The number of benzene rings is 2. The Morgan fingerprint density at radius 2 is 1.05 bits per heavy atom. The highest BCUT2D eigenvalue weighted by Gasteiger charge is 2.43. The Kier molecular flexibility index (Phi) is 2.94. The van der Waals surface area contributed by atoms with Crippen molar-refractivity contribution in [3.63, 3.8) is 0 Å². The van der Waals surface area contributed by atoms with E-state index in [-0.39, 0.29) is 11.1 Å². The van der Waals surface area contributed by atoms with Crippen LogP contribution in [0.25, 0.3) is 0 Å². The minimum atomic E-state index is 0.0752. The Labute approximate surface area is 115 Å². The molecule has 1 aliphatic rings. The van der Waals surface area contributed by atoms with E-state index in [2.05, 4.69) is 79.8 Å². The Hall–Kier alpha value is -1.60. The minimum Gasteiger partial charge on any atom is -0.298 e. The molecule has 19 heavy (non-hydrogen) atoms. The van der Waals surface area contributed by atoms with Crippen molar-refractivity contribution in [3.8, 4) is 0 Å². The largest absolute Gasteiger partial charge is 0.298 e. The smallest absolute Gasteiger partial charge is 0.0414 e. The SMILES string of the molecule is C[C@@]1(c2ccccc2)CC[C@@](C)(c2ccccc2)N1. The molecule has 0 aliphatic carbocycles. The minimum absolute atomic E-state index is 0.0752. The molecule has 0 saturated carbocycles. The Balaban J connectivity index is 1.92. The van der Waals surface area contributed by atoms with Gasteiger partial charge in [0.15, 0.2) is 0 Å². The van der Waals surface area contributed by atoms with Crippen LogP contribution < -0.4 is 5.32 Å². The summed E-state index contributed by atoms with van der Waals surface area (Å²) in [7, 11) is 0. The van der Waals surface area contributed by atoms with Crippen LogP contribution in [-0.4, -0.2) is 0 Å². The van der Waals surface area contributed by atoms with Crippen molar-refractivity contribution in [2.45, 2.75) is 37.8 Å². The first kappa shape index (κ1) is 12.4. The van der Waals surface area contributed by atoms with Crippen LogP contribution in [-0.2, 0) is 11.1 Å². The van der Waals surface area contributed by atoms with E-state index < -0.39 is 0 Å². The second kappa shape index (κ2) is 4.50. The zero-order valence-corrected chi connectivity index (χ0v) is 11.7. The number of hydrogen-bond donors (Lipinski definition) is 1. The maximum atomic E-state index is 3.88. The molecule has 2 aromatic carbocycles. The van der Waals surface area contributed by atoms with E-state index in [1.807, 2.05) is 0 Å². The van der Waals surface area contributed by atoms with Gasteiger partial charge in [-0.3, -0.25) is 5.32 Å². The lowest BCUT2D eigenvalue weighted by Crippen LogP contribution is -2.43. The Bertz CT molecular complexity index is 497. The molecule has 2 aromatic rings. The lowest BCUT2D eigenvalue weighted by Gasteiger charge is -2.32. The summed E-state index contributed by atoms with van der Waals surface area (Å²) in [5, 5.41) is 3.88. The molecule has 1 nitrogen and oxygen atoms in total. The van der Waals surface area contributed by atoms with E-state index in [1.54, 1.807) is 0 Å².